The molecule has 6 N–H and O–H groups in total. The molecular weight excluding hydrogens is 448 g/mol. The number of hydrogen-bond acceptors (Lipinski definition) is 8. The number of nitrogens with zero attached hydrogens (tertiary/aromatic N) is 1. The predicted molar refractivity (Wildman–Crippen MR) is 110 cm³/mol. The van der Waals surface area contributed by atoms with Gasteiger partial charge in [-0.3, -0.25) is 4.72 Å². The molecule has 0 spiro atoms. The smallest absolute Gasteiger partial charge is 0.244 e. The Balaban J connectivity index is 1.81. The van der Waals surface area contributed by atoms with Crippen LogP contribution in [0.15, 0.2) is 29.1 Å². The molecule has 0 bridgehead atoms. The standard InChI is InChI=1S/C16H24ClF2N5O3S2/c17-11-5-14(29(26,27)24-16-23-9-15(19)28-16)12(18)6-13(11)22-4-2-1-3-21-8-10(25)7-20/h5-6,9-10,12,14,21-22,25H,1-4,7-8,20H2,(H,23,24)/t10?,12-,14?/m1/s1. The largest absolute Gasteiger partial charge is 0.390 e. The maximum Gasteiger partial charge on any atom is 0.244 e. The fourth-order valence-electron chi connectivity index (χ4n) is 2.51. The summed E-state index contributed by atoms with van der Waals surface area (Å²) in [4.78, 5) is 3.56. The van der Waals surface area contributed by atoms with Crippen molar-refractivity contribution in [3.05, 3.63) is 34.2 Å². The maximum atomic E-state index is 14.5. The summed E-state index contributed by atoms with van der Waals surface area (Å²) in [5.41, 5.74) is 5.62. The van der Waals surface area contributed by atoms with Crippen LogP contribution in [0.25, 0.3) is 0 Å². The van der Waals surface area contributed by atoms with E-state index in [9.17, 15) is 22.3 Å². The lowest BCUT2D eigenvalue weighted by Gasteiger charge is -2.23. The lowest BCUT2D eigenvalue weighted by Crippen LogP contribution is -2.36. The Morgan fingerprint density at radius 2 is 2.07 bits per heavy atom. The summed E-state index contributed by atoms with van der Waals surface area (Å²) in [6.07, 6.45) is 2.26. The molecule has 0 fully saturated rings. The lowest BCUT2D eigenvalue weighted by atomic mass is 10.1. The van der Waals surface area contributed by atoms with Gasteiger partial charge in [0.1, 0.15) is 11.4 Å². The van der Waals surface area contributed by atoms with E-state index in [1.807, 2.05) is 0 Å². The van der Waals surface area contributed by atoms with Gasteiger partial charge in [0, 0.05) is 19.6 Å². The Morgan fingerprint density at radius 3 is 2.72 bits per heavy atom. The zero-order chi connectivity index (χ0) is 21.4. The normalized spacial score (nSPS) is 20.7. The van der Waals surface area contributed by atoms with Crippen molar-refractivity contribution in [1.82, 2.24) is 15.6 Å². The third kappa shape index (κ3) is 7.46. The van der Waals surface area contributed by atoms with E-state index in [1.165, 1.54) is 0 Å². The van der Waals surface area contributed by atoms with Gasteiger partial charge in [-0.05, 0) is 31.5 Å². The number of aromatic nitrogens is 1. The van der Waals surface area contributed by atoms with Crippen LogP contribution >= 0.6 is 22.9 Å². The van der Waals surface area contributed by atoms with Crippen molar-refractivity contribution in [3.63, 3.8) is 0 Å². The lowest BCUT2D eigenvalue weighted by molar-refractivity contribution is 0.179. The SMILES string of the molecule is NCC(O)CNCCCCNC1=C[C@@H](F)C(S(=O)(=O)Nc2ncc(F)s2)C=C1Cl. The monoisotopic (exact) mass is 471 g/mol. The molecule has 2 unspecified atom stereocenters. The van der Waals surface area contributed by atoms with Crippen molar-refractivity contribution < 1.29 is 22.3 Å². The Hall–Kier alpha value is -1.31. The highest BCUT2D eigenvalue weighted by atomic mass is 35.5. The number of allylic oxidation sites excluding steroid dienone is 2. The molecule has 1 heterocycles. The van der Waals surface area contributed by atoms with E-state index in [-0.39, 0.29) is 16.7 Å². The minimum absolute atomic E-state index is 0.0868. The third-order valence-corrected chi connectivity index (χ3v) is 6.77. The summed E-state index contributed by atoms with van der Waals surface area (Å²) < 4.78 is 54.3. The van der Waals surface area contributed by atoms with Crippen LogP contribution in [0.2, 0.25) is 0 Å². The number of nitrogens with one attached hydrogen (secondary N) is 3. The molecule has 1 aliphatic carbocycles. The average Bonchev–Trinajstić information content (AvgIpc) is 3.06. The van der Waals surface area contributed by atoms with Crippen LogP contribution in [0, 0.1) is 5.13 Å². The quantitative estimate of drug-likeness (QED) is 0.288. The summed E-state index contributed by atoms with van der Waals surface area (Å²) in [5.74, 6) is 0. The van der Waals surface area contributed by atoms with Gasteiger partial charge in [0.05, 0.1) is 23.0 Å². The highest BCUT2D eigenvalue weighted by Crippen LogP contribution is 2.28. The van der Waals surface area contributed by atoms with E-state index < -0.39 is 32.7 Å². The number of thiazole rings is 1. The molecule has 0 saturated carbocycles. The number of aliphatic hydroxyl groups is 1. The van der Waals surface area contributed by atoms with Crippen LogP contribution in [0.4, 0.5) is 13.9 Å². The number of halogens is 3. The number of anilines is 1. The summed E-state index contributed by atoms with van der Waals surface area (Å²) in [5, 5.41) is 13.1. The molecule has 8 nitrogen and oxygen atoms in total. The van der Waals surface area contributed by atoms with Crippen LogP contribution < -0.4 is 21.1 Å². The second-order valence-corrected chi connectivity index (χ2v) is 9.57. The zero-order valence-electron chi connectivity index (χ0n) is 15.4. The first-order chi connectivity index (χ1) is 13.7. The van der Waals surface area contributed by atoms with Crippen LogP contribution in [-0.2, 0) is 10.0 Å². The van der Waals surface area contributed by atoms with E-state index in [0.29, 0.717) is 36.7 Å². The van der Waals surface area contributed by atoms with Crippen LogP contribution in [-0.4, -0.2) is 62.2 Å². The van der Waals surface area contributed by atoms with Crippen molar-refractivity contribution in [3.8, 4) is 0 Å². The second-order valence-electron chi connectivity index (χ2n) is 6.35. The number of hydrogen-bond donors (Lipinski definition) is 5. The summed E-state index contributed by atoms with van der Waals surface area (Å²) in [7, 11) is -4.19. The molecule has 13 heteroatoms. The molecule has 1 aromatic rings. The Morgan fingerprint density at radius 1 is 1.34 bits per heavy atom. The average molecular weight is 472 g/mol. The molecule has 1 aromatic heterocycles. The van der Waals surface area contributed by atoms with Gasteiger partial charge in [-0.2, -0.15) is 4.39 Å². The minimum atomic E-state index is -4.19. The van der Waals surface area contributed by atoms with Gasteiger partial charge in [-0.25, -0.2) is 17.8 Å². The van der Waals surface area contributed by atoms with Gasteiger partial charge in [-0.15, -0.1) is 0 Å². The first-order valence-electron chi connectivity index (χ1n) is 8.92. The van der Waals surface area contributed by atoms with Crippen molar-refractivity contribution in [2.24, 2.45) is 5.73 Å². The fourth-order valence-corrected chi connectivity index (χ4v) is 4.92. The first kappa shape index (κ1) is 24.0. The van der Waals surface area contributed by atoms with Crippen LogP contribution in [0.3, 0.4) is 0 Å². The van der Waals surface area contributed by atoms with Crippen LogP contribution in [0.1, 0.15) is 12.8 Å². The second kappa shape index (κ2) is 11.2. The van der Waals surface area contributed by atoms with Gasteiger partial charge in [0.25, 0.3) is 0 Å². The van der Waals surface area contributed by atoms with Crippen molar-refractivity contribution in [2.45, 2.75) is 30.4 Å². The Kier molecular flexibility index (Phi) is 9.24. The van der Waals surface area contributed by atoms with Gasteiger partial charge in [0.15, 0.2) is 10.3 Å². The number of rotatable bonds is 12. The number of unbranched alkanes of at least 4 members (excludes halogenated alkanes) is 1. The van der Waals surface area contributed by atoms with Gasteiger partial charge < -0.3 is 21.5 Å². The molecular formula is C16H24ClF2N5O3S2. The zero-order valence-corrected chi connectivity index (χ0v) is 17.8. The Bertz CT molecular complexity index is 834. The van der Waals surface area contributed by atoms with E-state index >= 15 is 0 Å². The molecule has 0 amide bonds. The highest BCUT2D eigenvalue weighted by Gasteiger charge is 2.35. The van der Waals surface area contributed by atoms with Gasteiger partial charge in [0.2, 0.25) is 10.0 Å². The van der Waals surface area contributed by atoms with E-state index in [2.05, 4.69) is 20.3 Å². The molecule has 164 valence electrons. The summed E-state index contributed by atoms with van der Waals surface area (Å²) >= 11 is 6.62. The minimum Gasteiger partial charge on any atom is -0.390 e. The van der Waals surface area contributed by atoms with Crippen molar-refractivity contribution in [2.75, 3.05) is 30.9 Å². The van der Waals surface area contributed by atoms with E-state index in [0.717, 1.165) is 31.2 Å². The third-order valence-electron chi connectivity index (χ3n) is 4.02. The summed E-state index contributed by atoms with van der Waals surface area (Å²) in [6, 6.07) is 0. The van der Waals surface area contributed by atoms with Crippen molar-refractivity contribution in [1.29, 1.82) is 0 Å². The van der Waals surface area contributed by atoms with Crippen LogP contribution in [0.5, 0.6) is 0 Å². The molecule has 2 rings (SSSR count). The van der Waals surface area contributed by atoms with E-state index in [1.54, 1.807) is 0 Å². The predicted octanol–water partition coefficient (Wildman–Crippen LogP) is 1.03. The molecule has 1 aliphatic rings. The van der Waals surface area contributed by atoms with Gasteiger partial charge in [-0.1, -0.05) is 22.9 Å². The van der Waals surface area contributed by atoms with Gasteiger partial charge >= 0.3 is 0 Å². The molecule has 29 heavy (non-hydrogen) atoms. The summed E-state index contributed by atoms with van der Waals surface area (Å²) in [6.45, 7) is 1.82. The molecule has 0 aromatic carbocycles. The number of nitrogens with two attached hydrogens (primary N) is 1. The fraction of sp³-hybridized carbons (Fsp3) is 0.562. The molecule has 0 aliphatic heterocycles. The van der Waals surface area contributed by atoms with Crippen molar-refractivity contribution >= 4 is 38.1 Å². The highest BCUT2D eigenvalue weighted by molar-refractivity contribution is 7.93. The topological polar surface area (TPSA) is 129 Å². The Labute approximate surface area is 177 Å². The maximum absolute atomic E-state index is 14.5. The number of alkyl halides is 1. The first-order valence-corrected chi connectivity index (χ1v) is 11.7. The molecule has 3 atom stereocenters. The molecule has 0 saturated heterocycles. The molecule has 0 radical (unpaired) electrons. The number of sulfonamides is 1. The number of aliphatic hydroxyl groups excluding tert-OH is 1. The van der Waals surface area contributed by atoms with E-state index in [4.69, 9.17) is 17.3 Å².